The van der Waals surface area contributed by atoms with Crippen molar-refractivity contribution in [2.75, 3.05) is 0 Å². The molecule has 5 heteroatoms. The number of hydrogen-bond donors (Lipinski definition) is 0. The molecule has 0 aromatic carbocycles. The second-order valence-electron chi connectivity index (χ2n) is 0.214. The fraction of sp³-hybridized carbons (Fsp3) is 0. The molecule has 0 spiro atoms. The van der Waals surface area contributed by atoms with Crippen molar-refractivity contribution >= 4 is 25.3 Å². The summed E-state index contributed by atoms with van der Waals surface area (Å²) in [6.07, 6.45) is 0. The van der Waals surface area contributed by atoms with Gasteiger partial charge in [0, 0.05) is 8.41 Å². The summed E-state index contributed by atoms with van der Waals surface area (Å²) in [5.74, 6) is 0. The summed E-state index contributed by atoms with van der Waals surface area (Å²) in [7, 11) is 0. The van der Waals surface area contributed by atoms with Gasteiger partial charge in [-0.15, -0.1) is 0 Å². The van der Waals surface area contributed by atoms with Crippen molar-refractivity contribution in [2.24, 2.45) is 0 Å². The molecule has 0 bridgehead atoms. The molecule has 0 amide bonds. The summed E-state index contributed by atoms with van der Waals surface area (Å²) in [5, 5.41) is 0. The average Bonchev–Trinajstić information content (AvgIpc) is 0.811. The van der Waals surface area contributed by atoms with Crippen molar-refractivity contribution in [2.45, 2.75) is 0 Å². The first-order valence-corrected chi connectivity index (χ1v) is 12.4. The molecule has 0 aliphatic rings. The molecule has 0 nitrogen and oxygen atoms in total. The third-order valence-electron chi connectivity index (χ3n) is 0. The van der Waals surface area contributed by atoms with Crippen LogP contribution >= 0.6 is 16.9 Å². The summed E-state index contributed by atoms with van der Waals surface area (Å²) in [6.45, 7) is 0. The summed E-state index contributed by atoms with van der Waals surface area (Å²) in [5.41, 5.74) is 15.1. The molecule has 0 unspecified atom stereocenters. The van der Waals surface area contributed by atoms with E-state index in [1.807, 2.05) is 0 Å². The zero-order chi connectivity index (χ0) is 3.58. The Morgan fingerprint density at radius 1 is 1.00 bits per heavy atom. The van der Waals surface area contributed by atoms with E-state index in [9.17, 15) is 0 Å². The molecule has 0 saturated heterocycles. The van der Waals surface area contributed by atoms with E-state index in [2.05, 4.69) is 0 Å². The number of hydrogen-bond acceptors (Lipinski definition) is 0. The normalized spacial score (nSPS) is 5.40. The first-order chi connectivity index (χ1) is 1.73. The average molecular weight is 257 g/mol. The fourth-order valence-corrected chi connectivity index (χ4v) is 0. The van der Waals surface area contributed by atoms with E-state index in [0.717, 1.165) is 0 Å². The molecule has 3 radical (unpaired) electrons. The minimum atomic E-state index is -2.24. The molecule has 0 fully saturated rings. The van der Waals surface area contributed by atoms with Gasteiger partial charge in [-0.3, -0.25) is 0 Å². The standard InChI is InChI=1S/B.Ce.3ClH/h;;3*1H/q;+3;;;/p-3. The number of rotatable bonds is 0. The Balaban J connectivity index is 0. The molecule has 0 aliphatic carbocycles. The third kappa shape index (κ3) is 22.0. The van der Waals surface area contributed by atoms with Crippen molar-refractivity contribution in [1.29, 1.82) is 0 Å². The van der Waals surface area contributed by atoms with Gasteiger partial charge in [0.15, 0.2) is 0 Å². The first-order valence-electron chi connectivity index (χ1n) is 0.567. The molecule has 0 aromatic heterocycles. The predicted octanol–water partition coefficient (Wildman–Crippen LogP) is 1.69. The predicted molar refractivity (Wildman–Crippen MR) is 23.3 cm³/mol. The van der Waals surface area contributed by atoms with E-state index in [0.29, 0.717) is 0 Å². The van der Waals surface area contributed by atoms with Gasteiger partial charge in [0.05, 0.1) is 0 Å². The molecular weight excluding hydrogens is 257 g/mol. The van der Waals surface area contributed by atoms with Crippen LogP contribution < -0.4 is 0 Å². The molecule has 0 rings (SSSR count). The van der Waals surface area contributed by atoms with Crippen molar-refractivity contribution in [3.63, 3.8) is 0 Å². The Labute approximate surface area is 54.6 Å². The van der Waals surface area contributed by atoms with Crippen LogP contribution in [0.15, 0.2) is 0 Å². The third-order valence-corrected chi connectivity index (χ3v) is 0. The van der Waals surface area contributed by atoms with Crippen molar-refractivity contribution in [1.82, 2.24) is 0 Å². The van der Waals surface area contributed by atoms with Gasteiger partial charge in [-0.25, -0.2) is 0 Å². The zero-order valence-electron chi connectivity index (χ0n) is 2.21. The second kappa shape index (κ2) is 6.31. The Kier molecular flexibility index (Phi) is 13.0. The molecule has 0 atom stereocenters. The minimum absolute atomic E-state index is 0. The van der Waals surface area contributed by atoms with Crippen LogP contribution in [0.5, 0.6) is 0 Å². The Morgan fingerprint density at radius 2 is 1.00 bits per heavy atom. The van der Waals surface area contributed by atoms with Gasteiger partial charge < -0.3 is 0 Å². The van der Waals surface area contributed by atoms with E-state index in [4.69, 9.17) is 16.9 Å². The maximum absolute atomic E-state index is 5.02. The van der Waals surface area contributed by atoms with E-state index in [-0.39, 0.29) is 8.41 Å². The van der Waals surface area contributed by atoms with Gasteiger partial charge in [0.25, 0.3) is 0 Å². The molecule has 0 N–H and O–H groups in total. The van der Waals surface area contributed by atoms with E-state index >= 15 is 0 Å². The van der Waals surface area contributed by atoms with Crippen LogP contribution in [0.4, 0.5) is 0 Å². The monoisotopic (exact) mass is 256 g/mol. The molecule has 0 aromatic rings. The van der Waals surface area contributed by atoms with Crippen LogP contribution in [0.3, 0.4) is 0 Å². The zero-order valence-corrected chi connectivity index (χ0v) is 7.62. The van der Waals surface area contributed by atoms with Gasteiger partial charge >= 0.3 is 47.6 Å². The topological polar surface area (TPSA) is 0 Å². The van der Waals surface area contributed by atoms with Crippen LogP contribution in [0.1, 0.15) is 0 Å². The SMILES string of the molecule is [B].[Cl][Ce]([Cl])[Cl]. The second-order valence-corrected chi connectivity index (χ2v) is 14.0. The van der Waals surface area contributed by atoms with Crippen molar-refractivity contribution in [3.8, 4) is 0 Å². The molecule has 5 heavy (non-hydrogen) atoms. The summed E-state index contributed by atoms with van der Waals surface area (Å²) < 4.78 is 0. The summed E-state index contributed by atoms with van der Waals surface area (Å²) >= 11 is -2.24. The molecule has 0 aliphatic heterocycles. The van der Waals surface area contributed by atoms with Gasteiger partial charge in [-0.2, -0.15) is 0 Å². The van der Waals surface area contributed by atoms with Crippen LogP contribution in [-0.2, 0) is 0 Å². The Morgan fingerprint density at radius 3 is 1.00 bits per heavy atom. The van der Waals surface area contributed by atoms with Crippen molar-refractivity contribution < 1.29 is 30.7 Å². The molecule has 28 valence electrons. The molecular formula is BCeCl3. The van der Waals surface area contributed by atoms with Gasteiger partial charge in [0.2, 0.25) is 0 Å². The van der Waals surface area contributed by atoms with Gasteiger partial charge in [-0.05, 0) is 0 Å². The molecule has 0 heterocycles. The van der Waals surface area contributed by atoms with E-state index < -0.39 is 30.7 Å². The van der Waals surface area contributed by atoms with E-state index in [1.54, 1.807) is 0 Å². The van der Waals surface area contributed by atoms with Crippen LogP contribution in [0.25, 0.3) is 0 Å². The fourth-order valence-electron chi connectivity index (χ4n) is 0. The summed E-state index contributed by atoms with van der Waals surface area (Å²) in [4.78, 5) is 0. The van der Waals surface area contributed by atoms with Gasteiger partial charge in [-0.1, -0.05) is 0 Å². The number of halogens is 3. The van der Waals surface area contributed by atoms with Crippen LogP contribution in [0.2, 0.25) is 0 Å². The van der Waals surface area contributed by atoms with Crippen molar-refractivity contribution in [3.05, 3.63) is 0 Å². The van der Waals surface area contributed by atoms with E-state index in [1.165, 1.54) is 0 Å². The van der Waals surface area contributed by atoms with Crippen LogP contribution in [-0.4, -0.2) is 8.41 Å². The van der Waals surface area contributed by atoms with Crippen LogP contribution in [0, 0.1) is 30.7 Å². The van der Waals surface area contributed by atoms with Gasteiger partial charge in [0.1, 0.15) is 0 Å². The summed E-state index contributed by atoms with van der Waals surface area (Å²) in [6, 6.07) is 0. The first kappa shape index (κ1) is 10.3. The maximum atomic E-state index is 5.02. The Bertz CT molecular complexity index is 11.6. The quantitative estimate of drug-likeness (QED) is 0.579. The molecule has 0 saturated carbocycles. The Hall–Kier alpha value is 2.31.